The van der Waals surface area contributed by atoms with Crippen molar-refractivity contribution in [3.8, 4) is 5.75 Å². The summed E-state index contributed by atoms with van der Waals surface area (Å²) >= 11 is 0. The lowest BCUT2D eigenvalue weighted by Crippen LogP contribution is -2.59. The lowest BCUT2D eigenvalue weighted by atomic mass is 10.00. The SMILES string of the molecule is CC(C)C[C@H](NC(=O)[C@H](Cc1ccc(O)cc1)NC(=O)[C@H](N)CCCN=C(N)N)C(=O)N1CCC[C@@H]1C(=O)N[C@H](C(=O)O)[C@@H](C)O. The Hall–Kier alpha value is -4.44. The number of aliphatic carboxylic acids is 1. The monoisotopic (exact) mass is 648 g/mol. The zero-order valence-electron chi connectivity index (χ0n) is 26.5. The number of carbonyl (C=O) groups is 5. The molecule has 1 saturated heterocycles. The summed E-state index contributed by atoms with van der Waals surface area (Å²) in [5.74, 6) is -4.05. The molecule has 0 spiro atoms. The number of amides is 4. The first-order valence-electron chi connectivity index (χ1n) is 15.3. The van der Waals surface area contributed by atoms with Crippen molar-refractivity contribution < 1.29 is 39.3 Å². The van der Waals surface area contributed by atoms with Gasteiger partial charge in [0.05, 0.1) is 12.1 Å². The highest BCUT2D eigenvalue weighted by Crippen LogP contribution is 2.21. The van der Waals surface area contributed by atoms with Crippen LogP contribution in [0.3, 0.4) is 0 Å². The van der Waals surface area contributed by atoms with Crippen molar-refractivity contribution in [3.05, 3.63) is 29.8 Å². The van der Waals surface area contributed by atoms with Crippen LogP contribution in [0.4, 0.5) is 0 Å². The van der Waals surface area contributed by atoms with Gasteiger partial charge in [0.2, 0.25) is 23.6 Å². The quantitative estimate of drug-likeness (QED) is 0.0520. The molecule has 2 rings (SSSR count). The van der Waals surface area contributed by atoms with Crippen LogP contribution in [0.25, 0.3) is 0 Å². The fourth-order valence-electron chi connectivity index (χ4n) is 5.11. The second kappa shape index (κ2) is 17.9. The minimum atomic E-state index is -1.56. The van der Waals surface area contributed by atoms with Gasteiger partial charge in [0, 0.05) is 19.5 Å². The number of nitrogens with two attached hydrogens (primary N) is 3. The molecule has 6 atom stereocenters. The summed E-state index contributed by atoms with van der Waals surface area (Å²) in [6.45, 7) is 5.43. The van der Waals surface area contributed by atoms with Crippen molar-refractivity contribution in [2.45, 2.75) is 95.6 Å². The number of aliphatic imine (C=N–C) groups is 1. The van der Waals surface area contributed by atoms with E-state index in [9.17, 15) is 39.3 Å². The van der Waals surface area contributed by atoms with Gasteiger partial charge in [-0.25, -0.2) is 4.79 Å². The minimum Gasteiger partial charge on any atom is -0.508 e. The van der Waals surface area contributed by atoms with Crippen molar-refractivity contribution in [2.75, 3.05) is 13.1 Å². The highest BCUT2D eigenvalue weighted by atomic mass is 16.4. The van der Waals surface area contributed by atoms with E-state index in [4.69, 9.17) is 17.2 Å². The third-order valence-corrected chi connectivity index (χ3v) is 7.52. The third kappa shape index (κ3) is 11.8. The van der Waals surface area contributed by atoms with Crippen LogP contribution in [0.5, 0.6) is 5.75 Å². The summed E-state index contributed by atoms with van der Waals surface area (Å²) in [5, 5.41) is 36.6. The molecule has 12 N–H and O–H groups in total. The van der Waals surface area contributed by atoms with E-state index >= 15 is 0 Å². The van der Waals surface area contributed by atoms with E-state index in [0.717, 1.165) is 0 Å². The smallest absolute Gasteiger partial charge is 0.328 e. The molecule has 1 fully saturated rings. The highest BCUT2D eigenvalue weighted by Gasteiger charge is 2.40. The van der Waals surface area contributed by atoms with E-state index in [1.165, 1.54) is 24.0 Å². The number of aliphatic hydroxyl groups is 1. The Morgan fingerprint density at radius 2 is 1.63 bits per heavy atom. The Balaban J connectivity index is 2.25. The number of nitrogens with zero attached hydrogens (tertiary/aromatic N) is 2. The van der Waals surface area contributed by atoms with Crippen molar-refractivity contribution in [3.63, 3.8) is 0 Å². The van der Waals surface area contributed by atoms with E-state index in [-0.39, 0.29) is 56.4 Å². The standard InChI is InChI=1S/C30H48N8O8/c1-16(2)14-22(28(44)38-13-5-7-23(38)27(43)37-24(17(3)39)29(45)46)36-26(42)21(15-18-8-10-19(40)11-9-18)35-25(41)20(31)6-4-12-34-30(32)33/h8-11,16-17,20-24,39-40H,4-7,12-15,31H2,1-3H3,(H,35,41)(H,36,42)(H,37,43)(H,45,46)(H4,32,33,34)/t17-,20-,21+,22+,23-,24+/m1/s1. The third-order valence-electron chi connectivity index (χ3n) is 7.52. The highest BCUT2D eigenvalue weighted by molar-refractivity contribution is 5.96. The van der Waals surface area contributed by atoms with Gasteiger partial charge in [-0.2, -0.15) is 0 Å². The van der Waals surface area contributed by atoms with E-state index in [2.05, 4.69) is 20.9 Å². The molecule has 16 heteroatoms. The maximum Gasteiger partial charge on any atom is 0.328 e. The Morgan fingerprint density at radius 3 is 2.20 bits per heavy atom. The van der Waals surface area contributed by atoms with Crippen LogP contribution < -0.4 is 33.2 Å². The number of phenolic OH excluding ortho intramolecular Hbond substituents is 1. The normalized spacial score (nSPS) is 17.7. The van der Waals surface area contributed by atoms with Gasteiger partial charge in [-0.3, -0.25) is 24.2 Å². The number of aromatic hydroxyl groups is 1. The van der Waals surface area contributed by atoms with Gasteiger partial charge in [-0.1, -0.05) is 26.0 Å². The maximum absolute atomic E-state index is 13.8. The van der Waals surface area contributed by atoms with E-state index < -0.39 is 65.9 Å². The summed E-state index contributed by atoms with van der Waals surface area (Å²) in [6.07, 6.45) is 0.261. The van der Waals surface area contributed by atoms with Crippen LogP contribution in [0.2, 0.25) is 0 Å². The molecular formula is C30H48N8O8. The first-order chi connectivity index (χ1) is 21.6. The molecule has 0 aromatic heterocycles. The molecular weight excluding hydrogens is 600 g/mol. The molecule has 0 saturated carbocycles. The van der Waals surface area contributed by atoms with Crippen LogP contribution in [-0.2, 0) is 30.4 Å². The minimum absolute atomic E-state index is 0.0197. The van der Waals surface area contributed by atoms with E-state index in [1.54, 1.807) is 12.1 Å². The van der Waals surface area contributed by atoms with Crippen molar-refractivity contribution in [1.29, 1.82) is 0 Å². The molecule has 4 amide bonds. The molecule has 0 unspecified atom stereocenters. The molecule has 1 heterocycles. The first-order valence-corrected chi connectivity index (χ1v) is 15.3. The predicted octanol–water partition coefficient (Wildman–Crippen LogP) is -1.73. The summed E-state index contributed by atoms with van der Waals surface area (Å²) in [6, 6.07) is 0.330. The zero-order valence-corrected chi connectivity index (χ0v) is 26.5. The van der Waals surface area contributed by atoms with Gasteiger partial charge in [-0.05, 0) is 62.6 Å². The van der Waals surface area contributed by atoms with Gasteiger partial charge in [0.15, 0.2) is 12.0 Å². The Labute approximate surface area is 268 Å². The molecule has 1 aliphatic rings. The van der Waals surface area contributed by atoms with Gasteiger partial charge in [-0.15, -0.1) is 0 Å². The first kappa shape index (κ1) is 37.7. The van der Waals surface area contributed by atoms with Crippen molar-refractivity contribution in [1.82, 2.24) is 20.9 Å². The fourth-order valence-corrected chi connectivity index (χ4v) is 5.11. The molecule has 256 valence electrons. The number of rotatable bonds is 17. The van der Waals surface area contributed by atoms with Crippen LogP contribution in [0.15, 0.2) is 29.3 Å². The molecule has 1 aromatic carbocycles. The maximum atomic E-state index is 13.8. The number of carbonyl (C=O) groups excluding carboxylic acids is 4. The van der Waals surface area contributed by atoms with Crippen molar-refractivity contribution in [2.24, 2.45) is 28.1 Å². The second-order valence-electron chi connectivity index (χ2n) is 11.9. The van der Waals surface area contributed by atoms with Gasteiger partial charge < -0.3 is 53.4 Å². The lowest BCUT2D eigenvalue weighted by Gasteiger charge is -2.31. The molecule has 46 heavy (non-hydrogen) atoms. The van der Waals surface area contributed by atoms with Crippen LogP contribution >= 0.6 is 0 Å². The van der Waals surface area contributed by atoms with Crippen LogP contribution in [0, 0.1) is 5.92 Å². The lowest BCUT2D eigenvalue weighted by molar-refractivity contribution is -0.147. The Bertz CT molecular complexity index is 1240. The van der Waals surface area contributed by atoms with Crippen LogP contribution in [0.1, 0.15) is 58.4 Å². The molecule has 1 aliphatic heterocycles. The number of benzene rings is 1. The largest absolute Gasteiger partial charge is 0.508 e. The summed E-state index contributed by atoms with van der Waals surface area (Å²) in [5.41, 5.74) is 17.3. The number of likely N-dealkylation sites (tertiary alicyclic amines) is 1. The number of carboxylic acids is 1. The molecule has 0 bridgehead atoms. The average Bonchev–Trinajstić information content (AvgIpc) is 3.47. The number of aliphatic hydroxyl groups excluding tert-OH is 1. The summed E-state index contributed by atoms with van der Waals surface area (Å²) in [7, 11) is 0. The number of phenols is 1. The van der Waals surface area contributed by atoms with Crippen molar-refractivity contribution >= 4 is 35.6 Å². The summed E-state index contributed by atoms with van der Waals surface area (Å²) < 4.78 is 0. The molecule has 0 aliphatic carbocycles. The zero-order chi connectivity index (χ0) is 34.6. The number of nitrogens with one attached hydrogen (secondary N) is 3. The average molecular weight is 649 g/mol. The molecule has 1 aromatic rings. The Kier molecular flexibility index (Phi) is 14.7. The Morgan fingerprint density at radius 1 is 1.00 bits per heavy atom. The number of hydrogen-bond acceptors (Lipinski definition) is 9. The fraction of sp³-hybridized carbons (Fsp3) is 0.600. The molecule has 0 radical (unpaired) electrons. The second-order valence-corrected chi connectivity index (χ2v) is 11.9. The van der Waals surface area contributed by atoms with E-state index in [0.29, 0.717) is 18.4 Å². The predicted molar refractivity (Wildman–Crippen MR) is 169 cm³/mol. The van der Waals surface area contributed by atoms with Crippen LogP contribution in [-0.4, -0.2) is 105 Å². The van der Waals surface area contributed by atoms with Gasteiger partial charge in [0.25, 0.3) is 0 Å². The number of guanidine groups is 1. The summed E-state index contributed by atoms with van der Waals surface area (Å²) in [4.78, 5) is 70.3. The van der Waals surface area contributed by atoms with Gasteiger partial charge >= 0.3 is 5.97 Å². The number of carboxylic acid groups (broad SMARTS) is 1. The van der Waals surface area contributed by atoms with Gasteiger partial charge in [0.1, 0.15) is 23.9 Å². The van der Waals surface area contributed by atoms with E-state index in [1.807, 2.05) is 13.8 Å². The molecule has 16 nitrogen and oxygen atoms in total. The topological polar surface area (TPSA) is 276 Å². The number of hydrogen-bond donors (Lipinski definition) is 9.